The van der Waals surface area contributed by atoms with Crippen molar-refractivity contribution in [2.75, 3.05) is 5.32 Å². The minimum absolute atomic E-state index is 0.323. The molecule has 1 N–H and O–H groups in total. The number of fused-ring (bicyclic) bond motifs is 1. The van der Waals surface area contributed by atoms with Crippen molar-refractivity contribution >= 4 is 22.6 Å². The van der Waals surface area contributed by atoms with Crippen LogP contribution in [0.4, 0.5) is 18.9 Å². The van der Waals surface area contributed by atoms with Crippen molar-refractivity contribution < 1.29 is 18.0 Å². The Morgan fingerprint density at radius 2 is 1.84 bits per heavy atom. The predicted molar refractivity (Wildman–Crippen MR) is 115 cm³/mol. The maximum atomic E-state index is 12.9. The first-order chi connectivity index (χ1) is 15.2. The van der Waals surface area contributed by atoms with Crippen LogP contribution in [0.1, 0.15) is 32.7 Å². The highest BCUT2D eigenvalue weighted by atomic mass is 19.4. The molecule has 2 aromatic carbocycles. The monoisotopic (exact) mass is 434 g/mol. The van der Waals surface area contributed by atoms with Gasteiger partial charge in [-0.2, -0.15) is 13.2 Å². The summed E-state index contributed by atoms with van der Waals surface area (Å²) < 4.78 is 40.6. The number of carbonyl (C=O) groups is 1. The first-order valence-corrected chi connectivity index (χ1v) is 9.59. The highest BCUT2D eigenvalue weighted by Crippen LogP contribution is 2.29. The summed E-state index contributed by atoms with van der Waals surface area (Å²) in [7, 11) is 1.92. The summed E-state index contributed by atoms with van der Waals surface area (Å²) in [6.45, 7) is 1.88. The molecule has 0 fully saturated rings. The summed E-state index contributed by atoms with van der Waals surface area (Å²) >= 11 is 0. The molecular weight excluding hydrogens is 417 g/mol. The molecule has 0 saturated carbocycles. The zero-order valence-electron chi connectivity index (χ0n) is 17.2. The van der Waals surface area contributed by atoms with E-state index in [2.05, 4.69) is 27.1 Å². The van der Waals surface area contributed by atoms with Crippen LogP contribution in [-0.2, 0) is 13.2 Å². The fourth-order valence-electron chi connectivity index (χ4n) is 3.11. The number of hydrogen-bond acceptors (Lipinski definition) is 3. The molecule has 0 bridgehead atoms. The molecule has 1 amide bonds. The average Bonchev–Trinajstić information content (AvgIpc) is 3.13. The van der Waals surface area contributed by atoms with E-state index in [0.29, 0.717) is 11.3 Å². The van der Waals surface area contributed by atoms with Gasteiger partial charge in [-0.1, -0.05) is 17.9 Å². The molecule has 0 unspecified atom stereocenters. The molecular formula is C24H17F3N4O. The van der Waals surface area contributed by atoms with Crippen molar-refractivity contribution in [1.82, 2.24) is 14.5 Å². The lowest BCUT2D eigenvalue weighted by atomic mass is 10.1. The minimum atomic E-state index is -4.55. The number of amides is 1. The van der Waals surface area contributed by atoms with Crippen molar-refractivity contribution in [3.8, 4) is 11.8 Å². The largest absolute Gasteiger partial charge is 0.416 e. The number of imidazole rings is 1. The van der Waals surface area contributed by atoms with Crippen LogP contribution in [0.5, 0.6) is 0 Å². The molecule has 0 aliphatic heterocycles. The number of pyridine rings is 1. The smallest absolute Gasteiger partial charge is 0.334 e. The Morgan fingerprint density at radius 1 is 1.03 bits per heavy atom. The SMILES string of the molecule is Cc1ccc(NC(=O)c2cc(C(F)(F)F)ccn2)cc1C#Cc1ccc2c(c1)ncn2C. The highest BCUT2D eigenvalue weighted by molar-refractivity contribution is 6.03. The van der Waals surface area contributed by atoms with Crippen LogP contribution in [0.3, 0.4) is 0 Å². The van der Waals surface area contributed by atoms with Gasteiger partial charge in [0.1, 0.15) is 5.69 Å². The topological polar surface area (TPSA) is 59.8 Å². The molecule has 5 nitrogen and oxygen atoms in total. The van der Waals surface area contributed by atoms with Crippen LogP contribution in [0.25, 0.3) is 11.0 Å². The molecule has 32 heavy (non-hydrogen) atoms. The number of aryl methyl sites for hydroxylation is 2. The lowest BCUT2D eigenvalue weighted by Gasteiger charge is -2.09. The number of rotatable bonds is 2. The van der Waals surface area contributed by atoms with Gasteiger partial charge in [-0.05, 0) is 55.0 Å². The quantitative estimate of drug-likeness (QED) is 0.455. The van der Waals surface area contributed by atoms with Gasteiger partial charge in [0.25, 0.3) is 5.91 Å². The third-order valence-corrected chi connectivity index (χ3v) is 4.88. The van der Waals surface area contributed by atoms with Gasteiger partial charge in [-0.15, -0.1) is 0 Å². The molecule has 0 aliphatic carbocycles. The molecule has 0 atom stereocenters. The Kier molecular flexibility index (Phi) is 5.41. The fraction of sp³-hybridized carbons (Fsp3) is 0.125. The summed E-state index contributed by atoms with van der Waals surface area (Å²) in [5.74, 6) is 5.44. The van der Waals surface area contributed by atoms with Gasteiger partial charge in [0.15, 0.2) is 0 Å². The van der Waals surface area contributed by atoms with Gasteiger partial charge in [0, 0.05) is 30.1 Å². The van der Waals surface area contributed by atoms with Gasteiger partial charge < -0.3 is 9.88 Å². The van der Waals surface area contributed by atoms with Gasteiger partial charge >= 0.3 is 6.18 Å². The molecule has 4 rings (SSSR count). The first kappa shape index (κ1) is 21.1. The lowest BCUT2D eigenvalue weighted by molar-refractivity contribution is -0.137. The van der Waals surface area contributed by atoms with Crippen molar-refractivity contribution in [1.29, 1.82) is 0 Å². The molecule has 0 aliphatic rings. The summed E-state index contributed by atoms with van der Waals surface area (Å²) in [5, 5.41) is 2.58. The minimum Gasteiger partial charge on any atom is -0.334 e. The number of benzene rings is 2. The standard InChI is InChI=1S/C24H17F3N4O/c1-15-3-7-19(30-23(32)21-13-18(9-10-28-21)24(25,26)27)12-17(15)6-4-16-5-8-22-20(11-16)29-14-31(22)2/h3,5,7-14H,1-2H3,(H,30,32). The van der Waals surface area contributed by atoms with Gasteiger partial charge in [-0.3, -0.25) is 9.78 Å². The number of alkyl halides is 3. The third-order valence-electron chi connectivity index (χ3n) is 4.88. The second kappa shape index (κ2) is 8.19. The molecule has 4 aromatic rings. The Balaban J connectivity index is 1.57. The van der Waals surface area contributed by atoms with E-state index in [-0.39, 0.29) is 5.69 Å². The van der Waals surface area contributed by atoms with E-state index in [1.165, 1.54) is 0 Å². The van der Waals surface area contributed by atoms with Crippen molar-refractivity contribution in [2.45, 2.75) is 13.1 Å². The third kappa shape index (κ3) is 4.47. The molecule has 0 saturated heterocycles. The Hall–Kier alpha value is -4.12. The van der Waals surface area contributed by atoms with E-state index >= 15 is 0 Å². The normalized spacial score (nSPS) is 11.2. The number of nitrogens with zero attached hydrogens (tertiary/aromatic N) is 3. The van der Waals surface area contributed by atoms with E-state index in [0.717, 1.165) is 40.5 Å². The predicted octanol–water partition coefficient (Wildman–Crippen LogP) is 4.95. The maximum absolute atomic E-state index is 12.9. The van der Waals surface area contributed by atoms with E-state index < -0.39 is 17.6 Å². The van der Waals surface area contributed by atoms with Crippen LogP contribution < -0.4 is 5.32 Å². The van der Waals surface area contributed by atoms with Crippen LogP contribution in [0.15, 0.2) is 61.1 Å². The Bertz CT molecular complexity index is 1390. The summed E-state index contributed by atoms with van der Waals surface area (Å²) in [6.07, 6.45) is -1.86. The highest BCUT2D eigenvalue weighted by Gasteiger charge is 2.31. The molecule has 160 valence electrons. The molecule has 8 heteroatoms. The van der Waals surface area contributed by atoms with Crippen molar-refractivity contribution in [2.24, 2.45) is 7.05 Å². The van der Waals surface area contributed by atoms with Crippen LogP contribution in [0.2, 0.25) is 0 Å². The molecule has 2 aromatic heterocycles. The zero-order valence-corrected chi connectivity index (χ0v) is 17.2. The van der Waals surface area contributed by atoms with Gasteiger partial charge in [-0.25, -0.2) is 4.98 Å². The van der Waals surface area contributed by atoms with Crippen LogP contribution >= 0.6 is 0 Å². The number of aromatic nitrogens is 3. The van der Waals surface area contributed by atoms with Crippen LogP contribution in [-0.4, -0.2) is 20.4 Å². The van der Waals surface area contributed by atoms with Crippen molar-refractivity contribution in [3.05, 3.63) is 89.0 Å². The maximum Gasteiger partial charge on any atom is 0.416 e. The number of carbonyl (C=O) groups excluding carboxylic acids is 1. The summed E-state index contributed by atoms with van der Waals surface area (Å²) in [5.41, 5.74) is 3.36. The Labute approximate surface area is 181 Å². The lowest BCUT2D eigenvalue weighted by Crippen LogP contribution is -2.15. The fourth-order valence-corrected chi connectivity index (χ4v) is 3.11. The Morgan fingerprint density at radius 3 is 2.62 bits per heavy atom. The van der Waals surface area contributed by atoms with E-state index in [1.54, 1.807) is 24.5 Å². The molecule has 2 heterocycles. The second-order valence-electron chi connectivity index (χ2n) is 7.22. The number of hydrogen-bond donors (Lipinski definition) is 1. The zero-order chi connectivity index (χ0) is 22.9. The van der Waals surface area contributed by atoms with E-state index in [9.17, 15) is 18.0 Å². The number of anilines is 1. The second-order valence-corrected chi connectivity index (χ2v) is 7.22. The van der Waals surface area contributed by atoms with E-state index in [1.807, 2.05) is 36.7 Å². The van der Waals surface area contributed by atoms with Crippen LogP contribution in [0, 0.1) is 18.8 Å². The summed E-state index contributed by atoms with van der Waals surface area (Å²) in [4.78, 5) is 20.5. The first-order valence-electron chi connectivity index (χ1n) is 9.59. The van der Waals surface area contributed by atoms with Crippen molar-refractivity contribution in [3.63, 3.8) is 0 Å². The average molecular weight is 434 g/mol. The van der Waals surface area contributed by atoms with Gasteiger partial charge in [0.2, 0.25) is 0 Å². The van der Waals surface area contributed by atoms with E-state index in [4.69, 9.17) is 0 Å². The number of nitrogens with one attached hydrogen (secondary N) is 1. The van der Waals surface area contributed by atoms with Gasteiger partial charge in [0.05, 0.1) is 22.9 Å². The molecule has 0 radical (unpaired) electrons. The number of halogens is 3. The summed E-state index contributed by atoms with van der Waals surface area (Å²) in [6, 6.07) is 12.4. The molecule has 0 spiro atoms.